The van der Waals surface area contributed by atoms with Crippen molar-refractivity contribution in [1.82, 2.24) is 0 Å². The minimum atomic E-state index is 0.416. The zero-order chi connectivity index (χ0) is 12.5. The second-order valence-corrected chi connectivity index (χ2v) is 5.66. The van der Waals surface area contributed by atoms with Crippen LogP contribution in [-0.4, -0.2) is 6.04 Å². The number of nitrogens with one attached hydrogen (secondary N) is 1. The standard InChI is InChI=1S/C14H19N3/c1-14(2)6-5-11(8-14)17-13-7-10(9-15)3-4-12(13)16/h3-4,7,11,17H,5-6,8,16H2,1-2H3. The number of nitriles is 1. The summed E-state index contributed by atoms with van der Waals surface area (Å²) in [5, 5.41) is 12.3. The Hall–Kier alpha value is -1.69. The number of rotatable bonds is 2. The van der Waals surface area contributed by atoms with Gasteiger partial charge in [-0.1, -0.05) is 13.8 Å². The zero-order valence-electron chi connectivity index (χ0n) is 10.5. The molecule has 0 bridgehead atoms. The van der Waals surface area contributed by atoms with E-state index in [2.05, 4.69) is 25.2 Å². The van der Waals surface area contributed by atoms with E-state index < -0.39 is 0 Å². The number of anilines is 2. The first-order valence-corrected chi connectivity index (χ1v) is 6.06. The first-order chi connectivity index (χ1) is 8.00. The topological polar surface area (TPSA) is 61.8 Å². The Kier molecular flexibility index (Phi) is 2.97. The van der Waals surface area contributed by atoms with Crippen LogP contribution in [0.5, 0.6) is 0 Å². The summed E-state index contributed by atoms with van der Waals surface area (Å²) in [4.78, 5) is 0. The van der Waals surface area contributed by atoms with Gasteiger partial charge in [0.05, 0.1) is 23.0 Å². The maximum Gasteiger partial charge on any atom is 0.0992 e. The lowest BCUT2D eigenvalue weighted by Gasteiger charge is -2.19. The first-order valence-electron chi connectivity index (χ1n) is 6.06. The van der Waals surface area contributed by atoms with Crippen molar-refractivity contribution in [3.63, 3.8) is 0 Å². The summed E-state index contributed by atoms with van der Waals surface area (Å²) < 4.78 is 0. The van der Waals surface area contributed by atoms with Crippen LogP contribution in [0.2, 0.25) is 0 Å². The lowest BCUT2D eigenvalue weighted by Crippen LogP contribution is -2.18. The molecule has 1 fully saturated rings. The van der Waals surface area contributed by atoms with Gasteiger partial charge in [-0.05, 0) is 42.9 Å². The minimum absolute atomic E-state index is 0.416. The maximum atomic E-state index is 8.88. The summed E-state index contributed by atoms with van der Waals surface area (Å²) in [6.07, 6.45) is 3.56. The average molecular weight is 229 g/mol. The van der Waals surface area contributed by atoms with Crippen molar-refractivity contribution in [2.24, 2.45) is 5.41 Å². The molecule has 0 heterocycles. The van der Waals surface area contributed by atoms with Gasteiger partial charge >= 0.3 is 0 Å². The number of nitrogens with zero attached hydrogens (tertiary/aromatic N) is 1. The van der Waals surface area contributed by atoms with Gasteiger partial charge in [-0.3, -0.25) is 0 Å². The van der Waals surface area contributed by atoms with Crippen LogP contribution in [0.4, 0.5) is 11.4 Å². The van der Waals surface area contributed by atoms with E-state index in [1.165, 1.54) is 12.8 Å². The van der Waals surface area contributed by atoms with E-state index in [0.29, 0.717) is 22.7 Å². The highest BCUT2D eigenvalue weighted by Gasteiger charge is 2.30. The molecule has 1 unspecified atom stereocenters. The molecule has 1 aromatic rings. The van der Waals surface area contributed by atoms with Gasteiger partial charge in [0.25, 0.3) is 0 Å². The summed E-state index contributed by atoms with van der Waals surface area (Å²) in [5.74, 6) is 0. The highest BCUT2D eigenvalue weighted by molar-refractivity contribution is 5.68. The van der Waals surface area contributed by atoms with Crippen molar-refractivity contribution < 1.29 is 0 Å². The minimum Gasteiger partial charge on any atom is -0.397 e. The lowest BCUT2D eigenvalue weighted by atomic mass is 9.92. The maximum absolute atomic E-state index is 8.88. The van der Waals surface area contributed by atoms with E-state index in [1.54, 1.807) is 12.1 Å². The van der Waals surface area contributed by atoms with Gasteiger partial charge in [-0.15, -0.1) is 0 Å². The number of benzene rings is 1. The normalized spacial score (nSPS) is 22.1. The van der Waals surface area contributed by atoms with Gasteiger partial charge in [0.2, 0.25) is 0 Å². The zero-order valence-corrected chi connectivity index (χ0v) is 10.5. The quantitative estimate of drug-likeness (QED) is 0.766. The molecule has 0 aromatic heterocycles. The molecule has 0 spiro atoms. The Morgan fingerprint density at radius 2 is 2.24 bits per heavy atom. The fourth-order valence-corrected chi connectivity index (χ4v) is 2.53. The van der Waals surface area contributed by atoms with E-state index in [0.717, 1.165) is 12.1 Å². The van der Waals surface area contributed by atoms with Gasteiger partial charge in [0.1, 0.15) is 0 Å². The van der Waals surface area contributed by atoms with Crippen LogP contribution in [0, 0.1) is 16.7 Å². The third-order valence-corrected chi connectivity index (χ3v) is 3.51. The summed E-state index contributed by atoms with van der Waals surface area (Å²) in [6, 6.07) is 7.99. The molecule has 1 aliphatic carbocycles. The van der Waals surface area contributed by atoms with Gasteiger partial charge in [-0.25, -0.2) is 0 Å². The molecule has 2 rings (SSSR count). The fraction of sp³-hybridized carbons (Fsp3) is 0.500. The summed E-state index contributed by atoms with van der Waals surface area (Å²) >= 11 is 0. The number of nitrogens with two attached hydrogens (primary N) is 1. The summed E-state index contributed by atoms with van der Waals surface area (Å²) in [5.41, 5.74) is 8.60. The molecule has 0 saturated heterocycles. The first kappa shape index (κ1) is 11.8. The van der Waals surface area contributed by atoms with E-state index >= 15 is 0 Å². The van der Waals surface area contributed by atoms with Crippen LogP contribution in [-0.2, 0) is 0 Å². The molecule has 90 valence electrons. The largest absolute Gasteiger partial charge is 0.397 e. The lowest BCUT2D eigenvalue weighted by molar-refractivity contribution is 0.378. The average Bonchev–Trinajstić information content (AvgIpc) is 2.61. The summed E-state index contributed by atoms with van der Waals surface area (Å²) in [7, 11) is 0. The van der Waals surface area contributed by atoms with Gasteiger partial charge in [0, 0.05) is 6.04 Å². The molecule has 1 atom stereocenters. The molecular formula is C14H19N3. The molecule has 1 saturated carbocycles. The highest BCUT2D eigenvalue weighted by atomic mass is 14.9. The van der Waals surface area contributed by atoms with Gasteiger partial charge < -0.3 is 11.1 Å². The predicted octanol–water partition coefficient (Wildman–Crippen LogP) is 3.13. The number of nitrogen functional groups attached to an aromatic ring is 1. The summed E-state index contributed by atoms with van der Waals surface area (Å²) in [6.45, 7) is 4.59. The molecule has 17 heavy (non-hydrogen) atoms. The second kappa shape index (κ2) is 4.29. The van der Waals surface area contributed by atoms with E-state index in [4.69, 9.17) is 11.0 Å². The smallest absolute Gasteiger partial charge is 0.0992 e. The van der Waals surface area contributed by atoms with Crippen LogP contribution in [0.3, 0.4) is 0 Å². The molecule has 1 aromatic carbocycles. The van der Waals surface area contributed by atoms with Crippen LogP contribution >= 0.6 is 0 Å². The predicted molar refractivity (Wildman–Crippen MR) is 70.6 cm³/mol. The van der Waals surface area contributed by atoms with Crippen LogP contribution in [0.1, 0.15) is 38.7 Å². The van der Waals surface area contributed by atoms with Crippen molar-refractivity contribution >= 4 is 11.4 Å². The monoisotopic (exact) mass is 229 g/mol. The van der Waals surface area contributed by atoms with Crippen molar-refractivity contribution in [1.29, 1.82) is 5.26 Å². The molecule has 3 nitrogen and oxygen atoms in total. The van der Waals surface area contributed by atoms with Crippen molar-refractivity contribution in [2.45, 2.75) is 39.2 Å². The molecule has 3 N–H and O–H groups in total. The molecule has 0 aliphatic heterocycles. The molecule has 1 aliphatic rings. The third-order valence-electron chi connectivity index (χ3n) is 3.51. The van der Waals surface area contributed by atoms with Gasteiger partial charge in [0.15, 0.2) is 0 Å². The van der Waals surface area contributed by atoms with Crippen molar-refractivity contribution in [3.05, 3.63) is 23.8 Å². The highest BCUT2D eigenvalue weighted by Crippen LogP contribution is 2.38. The number of hydrogen-bond acceptors (Lipinski definition) is 3. The van der Waals surface area contributed by atoms with E-state index in [1.807, 2.05) is 6.07 Å². The van der Waals surface area contributed by atoms with E-state index in [-0.39, 0.29) is 0 Å². The van der Waals surface area contributed by atoms with Gasteiger partial charge in [-0.2, -0.15) is 5.26 Å². The Bertz CT molecular complexity index is 457. The molecule has 3 heteroatoms. The second-order valence-electron chi connectivity index (χ2n) is 5.66. The Morgan fingerprint density at radius 1 is 1.47 bits per heavy atom. The third kappa shape index (κ3) is 2.71. The van der Waals surface area contributed by atoms with Crippen LogP contribution in [0.15, 0.2) is 18.2 Å². The van der Waals surface area contributed by atoms with E-state index in [9.17, 15) is 0 Å². The Morgan fingerprint density at radius 3 is 2.82 bits per heavy atom. The molecule has 0 radical (unpaired) electrons. The molecule has 0 amide bonds. The van der Waals surface area contributed by atoms with Crippen LogP contribution < -0.4 is 11.1 Å². The Balaban J connectivity index is 2.12. The van der Waals surface area contributed by atoms with Crippen molar-refractivity contribution in [2.75, 3.05) is 11.1 Å². The van der Waals surface area contributed by atoms with Crippen molar-refractivity contribution in [3.8, 4) is 6.07 Å². The fourth-order valence-electron chi connectivity index (χ4n) is 2.53. The number of hydrogen-bond donors (Lipinski definition) is 2. The SMILES string of the molecule is CC1(C)CCC(Nc2cc(C#N)ccc2N)C1. The Labute approximate surface area is 103 Å². The molecular weight excluding hydrogens is 210 g/mol. The van der Waals surface area contributed by atoms with Crippen LogP contribution in [0.25, 0.3) is 0 Å².